The van der Waals surface area contributed by atoms with Crippen LogP contribution in [0.3, 0.4) is 0 Å². The normalized spacial score (nSPS) is 12.2. The van der Waals surface area contributed by atoms with E-state index in [1.165, 1.54) is 23.8 Å². The minimum atomic E-state index is -3.98. The number of nitrogens with one attached hydrogen (secondary N) is 1. The number of anilines is 1. The summed E-state index contributed by atoms with van der Waals surface area (Å²) in [6.45, 7) is 5.47. The molecule has 1 N–H and O–H groups in total. The van der Waals surface area contributed by atoms with Gasteiger partial charge in [0.1, 0.15) is 6.54 Å². The molecule has 1 atom stereocenters. The molecule has 0 radical (unpaired) electrons. The minimum absolute atomic E-state index is 0.110. The van der Waals surface area contributed by atoms with Gasteiger partial charge in [-0.25, -0.2) is 8.42 Å². The van der Waals surface area contributed by atoms with Crippen molar-refractivity contribution < 1.29 is 13.2 Å². The summed E-state index contributed by atoms with van der Waals surface area (Å²) in [5, 5.41) is 3.29. The SMILES string of the molecule is CCc1ccc([C@H](C)NC(=O)CN(c2cccc(Cl)c2)S(=O)(=O)c2ccc(C)cc2)cc1. The zero-order valence-electron chi connectivity index (χ0n) is 18.4. The molecular weight excluding hydrogens is 444 g/mol. The Bertz CT molecular complexity index is 1180. The summed E-state index contributed by atoms with van der Waals surface area (Å²) in [6.07, 6.45) is 0.937. The molecule has 5 nitrogen and oxygen atoms in total. The molecule has 1 amide bonds. The molecule has 0 aromatic heterocycles. The third-order valence-electron chi connectivity index (χ3n) is 5.26. The second kappa shape index (κ2) is 10.2. The predicted molar refractivity (Wildman–Crippen MR) is 130 cm³/mol. The number of carbonyl (C=O) groups is 1. The first kappa shape index (κ1) is 23.8. The average Bonchev–Trinajstić information content (AvgIpc) is 2.77. The van der Waals surface area contributed by atoms with Crippen molar-refractivity contribution in [2.45, 2.75) is 38.1 Å². The van der Waals surface area contributed by atoms with Crippen molar-refractivity contribution in [2.75, 3.05) is 10.8 Å². The molecule has 0 heterocycles. The molecule has 32 heavy (non-hydrogen) atoms. The van der Waals surface area contributed by atoms with Crippen LogP contribution < -0.4 is 9.62 Å². The summed E-state index contributed by atoms with van der Waals surface area (Å²) >= 11 is 6.11. The summed E-state index contributed by atoms with van der Waals surface area (Å²) in [7, 11) is -3.98. The monoisotopic (exact) mass is 470 g/mol. The van der Waals surface area contributed by atoms with Gasteiger partial charge in [-0.05, 0) is 61.7 Å². The zero-order chi connectivity index (χ0) is 23.3. The molecule has 0 saturated heterocycles. The molecule has 7 heteroatoms. The predicted octanol–water partition coefficient (Wildman–Crippen LogP) is 5.28. The van der Waals surface area contributed by atoms with Gasteiger partial charge in [0.15, 0.2) is 0 Å². The molecule has 3 rings (SSSR count). The summed E-state index contributed by atoms with van der Waals surface area (Å²) in [5.41, 5.74) is 3.43. The summed E-state index contributed by atoms with van der Waals surface area (Å²) in [4.78, 5) is 13.0. The number of rotatable bonds is 8. The Kier molecular flexibility index (Phi) is 7.59. The largest absolute Gasteiger partial charge is 0.348 e. The van der Waals surface area contributed by atoms with Gasteiger partial charge in [-0.3, -0.25) is 9.10 Å². The first-order valence-electron chi connectivity index (χ1n) is 10.4. The van der Waals surface area contributed by atoms with Crippen molar-refractivity contribution in [1.29, 1.82) is 0 Å². The Hall–Kier alpha value is -2.83. The first-order chi connectivity index (χ1) is 15.2. The van der Waals surface area contributed by atoms with Gasteiger partial charge in [-0.15, -0.1) is 0 Å². The van der Waals surface area contributed by atoms with Crippen LogP contribution in [-0.4, -0.2) is 20.9 Å². The molecule has 0 fully saturated rings. The molecule has 3 aromatic rings. The number of sulfonamides is 1. The van der Waals surface area contributed by atoms with Crippen molar-refractivity contribution in [3.63, 3.8) is 0 Å². The fraction of sp³-hybridized carbons (Fsp3) is 0.240. The van der Waals surface area contributed by atoms with Crippen LogP contribution in [0.25, 0.3) is 0 Å². The van der Waals surface area contributed by atoms with E-state index in [1.54, 1.807) is 30.3 Å². The van der Waals surface area contributed by atoms with Gasteiger partial charge in [0, 0.05) is 5.02 Å². The Morgan fingerprint density at radius 2 is 1.69 bits per heavy atom. The van der Waals surface area contributed by atoms with Crippen molar-refractivity contribution in [1.82, 2.24) is 5.32 Å². The van der Waals surface area contributed by atoms with Gasteiger partial charge in [-0.1, -0.05) is 66.6 Å². The second-order valence-corrected chi connectivity index (χ2v) is 9.99. The second-order valence-electron chi connectivity index (χ2n) is 7.69. The van der Waals surface area contributed by atoms with E-state index < -0.39 is 15.9 Å². The van der Waals surface area contributed by atoms with Crippen molar-refractivity contribution in [2.24, 2.45) is 0 Å². The van der Waals surface area contributed by atoms with E-state index in [4.69, 9.17) is 11.6 Å². The van der Waals surface area contributed by atoms with E-state index in [1.807, 2.05) is 38.1 Å². The number of carbonyl (C=O) groups excluding carboxylic acids is 1. The summed E-state index contributed by atoms with van der Waals surface area (Å²) in [5.74, 6) is -0.410. The average molecular weight is 471 g/mol. The van der Waals surface area contributed by atoms with Crippen molar-refractivity contribution >= 4 is 33.2 Å². The van der Waals surface area contributed by atoms with E-state index in [0.717, 1.165) is 21.9 Å². The van der Waals surface area contributed by atoms with Crippen LogP contribution in [0.2, 0.25) is 5.02 Å². The highest BCUT2D eigenvalue weighted by atomic mass is 35.5. The lowest BCUT2D eigenvalue weighted by Crippen LogP contribution is -2.41. The topological polar surface area (TPSA) is 66.5 Å². The number of amides is 1. The number of hydrogen-bond acceptors (Lipinski definition) is 3. The van der Waals surface area contributed by atoms with Crippen LogP contribution in [-0.2, 0) is 21.2 Å². The van der Waals surface area contributed by atoms with Crippen LogP contribution in [0.15, 0.2) is 77.7 Å². The number of halogens is 1. The third-order valence-corrected chi connectivity index (χ3v) is 7.28. The molecule has 3 aromatic carbocycles. The molecule has 0 unspecified atom stereocenters. The van der Waals surface area contributed by atoms with E-state index >= 15 is 0 Å². The lowest BCUT2D eigenvalue weighted by atomic mass is 10.1. The number of nitrogens with zero attached hydrogens (tertiary/aromatic N) is 1. The van der Waals surface area contributed by atoms with Crippen LogP contribution in [0.4, 0.5) is 5.69 Å². The third kappa shape index (κ3) is 5.69. The van der Waals surface area contributed by atoms with Gasteiger partial charge in [0.25, 0.3) is 10.0 Å². The fourth-order valence-corrected chi connectivity index (χ4v) is 4.92. The van der Waals surface area contributed by atoms with Crippen LogP contribution in [0, 0.1) is 6.92 Å². The summed E-state index contributed by atoms with van der Waals surface area (Å²) < 4.78 is 27.9. The van der Waals surface area contributed by atoms with Gasteiger partial charge < -0.3 is 5.32 Å². The zero-order valence-corrected chi connectivity index (χ0v) is 20.0. The van der Waals surface area contributed by atoms with Crippen LogP contribution >= 0.6 is 11.6 Å². The maximum absolute atomic E-state index is 13.4. The molecule has 0 saturated carbocycles. The first-order valence-corrected chi connectivity index (χ1v) is 12.3. The van der Waals surface area contributed by atoms with Gasteiger partial charge in [0.05, 0.1) is 16.6 Å². The highest BCUT2D eigenvalue weighted by Crippen LogP contribution is 2.26. The molecule has 0 aliphatic heterocycles. The van der Waals surface area contributed by atoms with Gasteiger partial charge in [-0.2, -0.15) is 0 Å². The maximum atomic E-state index is 13.4. The van der Waals surface area contributed by atoms with Crippen LogP contribution in [0.5, 0.6) is 0 Å². The Balaban J connectivity index is 1.86. The van der Waals surface area contributed by atoms with Crippen LogP contribution in [0.1, 0.15) is 36.6 Å². The highest BCUT2D eigenvalue weighted by molar-refractivity contribution is 7.92. The molecule has 0 aliphatic rings. The molecule has 168 valence electrons. The Labute approximate surface area is 195 Å². The smallest absolute Gasteiger partial charge is 0.264 e. The number of hydrogen-bond donors (Lipinski definition) is 1. The molecule has 0 bridgehead atoms. The highest BCUT2D eigenvalue weighted by Gasteiger charge is 2.28. The fourth-order valence-electron chi connectivity index (χ4n) is 3.33. The van der Waals surface area contributed by atoms with E-state index in [-0.39, 0.29) is 17.5 Å². The lowest BCUT2D eigenvalue weighted by Gasteiger charge is -2.25. The molecular formula is C25H27ClN2O3S. The van der Waals surface area contributed by atoms with Gasteiger partial charge >= 0.3 is 0 Å². The molecule has 0 spiro atoms. The quantitative estimate of drug-likeness (QED) is 0.486. The van der Waals surface area contributed by atoms with Crippen molar-refractivity contribution in [3.8, 4) is 0 Å². The van der Waals surface area contributed by atoms with Crippen molar-refractivity contribution in [3.05, 3.63) is 94.5 Å². The van der Waals surface area contributed by atoms with E-state index in [9.17, 15) is 13.2 Å². The van der Waals surface area contributed by atoms with E-state index in [0.29, 0.717) is 10.7 Å². The van der Waals surface area contributed by atoms with E-state index in [2.05, 4.69) is 12.2 Å². The number of aryl methyl sites for hydroxylation is 2. The standard InChI is InChI=1S/C25H27ClN2O3S/c1-4-20-10-12-21(13-11-20)19(3)27-25(29)17-28(23-7-5-6-22(26)16-23)32(30,31)24-14-8-18(2)9-15-24/h5-16,19H,4,17H2,1-3H3,(H,27,29)/t19-/m0/s1. The Morgan fingerprint density at radius 1 is 1.03 bits per heavy atom. The number of benzene rings is 3. The molecule has 0 aliphatic carbocycles. The minimum Gasteiger partial charge on any atom is -0.348 e. The van der Waals surface area contributed by atoms with Gasteiger partial charge in [0.2, 0.25) is 5.91 Å². The Morgan fingerprint density at radius 3 is 2.28 bits per heavy atom. The summed E-state index contributed by atoms with van der Waals surface area (Å²) in [6, 6.07) is 20.7. The lowest BCUT2D eigenvalue weighted by molar-refractivity contribution is -0.120. The maximum Gasteiger partial charge on any atom is 0.264 e.